The van der Waals surface area contributed by atoms with Gasteiger partial charge in [-0.2, -0.15) is 0 Å². The van der Waals surface area contributed by atoms with Crippen LogP contribution in [0.2, 0.25) is 0 Å². The van der Waals surface area contributed by atoms with E-state index in [1.54, 1.807) is 4.68 Å². The highest BCUT2D eigenvalue weighted by Crippen LogP contribution is 2.20. The summed E-state index contributed by atoms with van der Waals surface area (Å²) in [5.41, 5.74) is 2.64. The van der Waals surface area contributed by atoms with Crippen LogP contribution in [0.5, 0.6) is 0 Å². The quantitative estimate of drug-likeness (QED) is 0.847. The zero-order valence-corrected chi connectivity index (χ0v) is 11.2. The zero-order valence-electron chi connectivity index (χ0n) is 11.2. The van der Waals surface area contributed by atoms with E-state index in [9.17, 15) is 4.79 Å². The van der Waals surface area contributed by atoms with Crippen molar-refractivity contribution in [2.75, 3.05) is 18.4 Å². The van der Waals surface area contributed by atoms with Gasteiger partial charge in [0.05, 0.1) is 5.69 Å². The minimum absolute atomic E-state index is 0.0495. The molecule has 1 aromatic heterocycles. The Hall–Kier alpha value is -2.28. The van der Waals surface area contributed by atoms with E-state index in [0.29, 0.717) is 12.3 Å². The largest absolute Gasteiger partial charge is 0.326 e. The first-order chi connectivity index (χ1) is 9.72. The van der Waals surface area contributed by atoms with E-state index in [0.717, 1.165) is 30.0 Å². The summed E-state index contributed by atoms with van der Waals surface area (Å²) in [5, 5.41) is 17.2. The van der Waals surface area contributed by atoms with Crippen LogP contribution in [0.25, 0.3) is 5.69 Å². The van der Waals surface area contributed by atoms with E-state index in [1.165, 1.54) is 6.33 Å². The van der Waals surface area contributed by atoms with Crippen molar-refractivity contribution in [2.45, 2.75) is 13.3 Å². The van der Waals surface area contributed by atoms with Gasteiger partial charge >= 0.3 is 0 Å². The average Bonchev–Trinajstić information content (AvgIpc) is 2.90. The molecule has 0 unspecified atom stereocenters. The second-order valence-corrected chi connectivity index (χ2v) is 5.03. The topological polar surface area (TPSA) is 84.7 Å². The number of nitrogens with zero attached hydrogens (tertiary/aromatic N) is 4. The van der Waals surface area contributed by atoms with Gasteiger partial charge in [-0.05, 0) is 54.1 Å². The number of tetrazole rings is 1. The molecular weight excluding hydrogens is 256 g/mol. The summed E-state index contributed by atoms with van der Waals surface area (Å²) in [6.07, 6.45) is 2.08. The number of carbonyl (C=O) groups excluding carboxylic acids is 1. The van der Waals surface area contributed by atoms with Gasteiger partial charge in [-0.1, -0.05) is 6.07 Å². The van der Waals surface area contributed by atoms with Crippen LogP contribution in [0.15, 0.2) is 24.5 Å². The van der Waals surface area contributed by atoms with Gasteiger partial charge in [-0.15, -0.1) is 5.10 Å². The maximum atomic E-state index is 12.0. The number of hydrogen-bond donors (Lipinski definition) is 2. The van der Waals surface area contributed by atoms with Crippen LogP contribution in [0.4, 0.5) is 5.69 Å². The Balaban J connectivity index is 1.74. The SMILES string of the molecule is Cc1ccc(-n2cnnn2)cc1NC(=O)CC1CNC1. The molecular formula is C13H16N6O. The second kappa shape index (κ2) is 5.38. The normalized spacial score (nSPS) is 14.8. The Morgan fingerprint density at radius 1 is 1.50 bits per heavy atom. The maximum Gasteiger partial charge on any atom is 0.224 e. The lowest BCUT2D eigenvalue weighted by Gasteiger charge is -2.26. The number of amides is 1. The standard InChI is InChI=1S/C13H16N6O/c1-9-2-3-11(19-8-15-17-18-19)5-12(9)16-13(20)4-10-6-14-7-10/h2-3,5,8,10,14H,4,6-7H2,1H3,(H,16,20). The van der Waals surface area contributed by atoms with Crippen LogP contribution in [0.3, 0.4) is 0 Å². The molecule has 2 heterocycles. The fraction of sp³-hybridized carbons (Fsp3) is 0.385. The Bertz CT molecular complexity index is 605. The predicted molar refractivity (Wildman–Crippen MR) is 73.5 cm³/mol. The van der Waals surface area contributed by atoms with E-state index in [2.05, 4.69) is 26.2 Å². The summed E-state index contributed by atoms with van der Waals surface area (Å²) in [4.78, 5) is 12.0. The van der Waals surface area contributed by atoms with Gasteiger partial charge in [0, 0.05) is 12.1 Å². The molecule has 0 atom stereocenters. The molecule has 0 spiro atoms. The molecule has 0 aliphatic carbocycles. The highest BCUT2D eigenvalue weighted by molar-refractivity contribution is 5.92. The van der Waals surface area contributed by atoms with Gasteiger partial charge in [0.1, 0.15) is 6.33 Å². The number of rotatable bonds is 4. The van der Waals surface area contributed by atoms with Gasteiger partial charge in [-0.3, -0.25) is 4.79 Å². The summed E-state index contributed by atoms with van der Waals surface area (Å²) < 4.78 is 1.56. The molecule has 104 valence electrons. The third-order valence-electron chi connectivity index (χ3n) is 3.45. The van der Waals surface area contributed by atoms with Gasteiger partial charge in [0.2, 0.25) is 5.91 Å². The lowest BCUT2D eigenvalue weighted by Crippen LogP contribution is -2.43. The number of carbonyl (C=O) groups is 1. The van der Waals surface area contributed by atoms with Gasteiger partial charge in [-0.25, -0.2) is 4.68 Å². The number of aromatic nitrogens is 4. The van der Waals surface area contributed by atoms with Crippen molar-refractivity contribution < 1.29 is 4.79 Å². The molecule has 7 nitrogen and oxygen atoms in total. The smallest absolute Gasteiger partial charge is 0.224 e. The van der Waals surface area contributed by atoms with E-state index < -0.39 is 0 Å². The van der Waals surface area contributed by atoms with Crippen LogP contribution in [0.1, 0.15) is 12.0 Å². The molecule has 1 aromatic carbocycles. The summed E-state index contributed by atoms with van der Waals surface area (Å²) in [5.74, 6) is 0.506. The first-order valence-electron chi connectivity index (χ1n) is 6.57. The molecule has 2 N–H and O–H groups in total. The fourth-order valence-electron chi connectivity index (χ4n) is 2.12. The third-order valence-corrected chi connectivity index (χ3v) is 3.45. The first-order valence-corrected chi connectivity index (χ1v) is 6.57. The van der Waals surface area contributed by atoms with Crippen molar-refractivity contribution in [1.29, 1.82) is 0 Å². The molecule has 1 aliphatic rings. The van der Waals surface area contributed by atoms with Crippen molar-refractivity contribution >= 4 is 11.6 Å². The van der Waals surface area contributed by atoms with Crippen molar-refractivity contribution in [1.82, 2.24) is 25.5 Å². The van der Waals surface area contributed by atoms with Crippen molar-refractivity contribution in [3.8, 4) is 5.69 Å². The van der Waals surface area contributed by atoms with Crippen LogP contribution >= 0.6 is 0 Å². The van der Waals surface area contributed by atoms with Gasteiger partial charge in [0.15, 0.2) is 0 Å². The van der Waals surface area contributed by atoms with Crippen LogP contribution < -0.4 is 10.6 Å². The third kappa shape index (κ3) is 2.67. The summed E-state index contributed by atoms with van der Waals surface area (Å²) in [6.45, 7) is 3.82. The van der Waals surface area contributed by atoms with E-state index in [4.69, 9.17) is 0 Å². The Labute approximate surface area is 116 Å². The van der Waals surface area contributed by atoms with E-state index >= 15 is 0 Å². The molecule has 0 saturated carbocycles. The van der Waals surface area contributed by atoms with Crippen molar-refractivity contribution in [3.63, 3.8) is 0 Å². The minimum atomic E-state index is 0.0495. The molecule has 7 heteroatoms. The molecule has 0 radical (unpaired) electrons. The van der Waals surface area contributed by atoms with E-state index in [-0.39, 0.29) is 5.91 Å². The molecule has 1 amide bonds. The molecule has 3 rings (SSSR count). The fourth-order valence-corrected chi connectivity index (χ4v) is 2.12. The number of nitrogens with one attached hydrogen (secondary N) is 2. The number of hydrogen-bond acceptors (Lipinski definition) is 5. The summed E-state index contributed by atoms with van der Waals surface area (Å²) in [7, 11) is 0. The van der Waals surface area contributed by atoms with Crippen LogP contribution in [-0.2, 0) is 4.79 Å². The molecule has 1 aliphatic heterocycles. The minimum Gasteiger partial charge on any atom is -0.326 e. The van der Waals surface area contributed by atoms with E-state index in [1.807, 2.05) is 25.1 Å². The maximum absolute atomic E-state index is 12.0. The van der Waals surface area contributed by atoms with Crippen LogP contribution in [-0.4, -0.2) is 39.2 Å². The Morgan fingerprint density at radius 2 is 2.35 bits per heavy atom. The molecule has 1 fully saturated rings. The predicted octanol–water partition coefficient (Wildman–Crippen LogP) is 0.519. The lowest BCUT2D eigenvalue weighted by atomic mass is 9.99. The summed E-state index contributed by atoms with van der Waals surface area (Å²) >= 11 is 0. The molecule has 1 saturated heterocycles. The van der Waals surface area contributed by atoms with Crippen molar-refractivity contribution in [2.24, 2.45) is 5.92 Å². The van der Waals surface area contributed by atoms with Gasteiger partial charge in [0.25, 0.3) is 0 Å². The average molecular weight is 272 g/mol. The Kier molecular flexibility index (Phi) is 3.42. The Morgan fingerprint density at radius 3 is 3.00 bits per heavy atom. The second-order valence-electron chi connectivity index (χ2n) is 5.03. The van der Waals surface area contributed by atoms with Crippen LogP contribution in [0, 0.1) is 12.8 Å². The lowest BCUT2D eigenvalue weighted by molar-refractivity contribution is -0.117. The number of benzene rings is 1. The molecule has 2 aromatic rings. The number of anilines is 1. The van der Waals surface area contributed by atoms with Crippen molar-refractivity contribution in [3.05, 3.63) is 30.1 Å². The zero-order chi connectivity index (χ0) is 13.9. The molecule has 0 bridgehead atoms. The number of aryl methyl sites for hydroxylation is 1. The van der Waals surface area contributed by atoms with Gasteiger partial charge < -0.3 is 10.6 Å². The highest BCUT2D eigenvalue weighted by Gasteiger charge is 2.20. The first kappa shape index (κ1) is 12.7. The monoisotopic (exact) mass is 272 g/mol. The molecule has 20 heavy (non-hydrogen) atoms. The summed E-state index contributed by atoms with van der Waals surface area (Å²) in [6, 6.07) is 5.73. The highest BCUT2D eigenvalue weighted by atomic mass is 16.1.